The van der Waals surface area contributed by atoms with Gasteiger partial charge in [0.25, 0.3) is 11.8 Å². The van der Waals surface area contributed by atoms with Crippen LogP contribution in [0.5, 0.6) is 0 Å². The molecule has 152 valence electrons. The van der Waals surface area contributed by atoms with Gasteiger partial charge in [-0.05, 0) is 36.1 Å². The Bertz CT molecular complexity index is 1130. The molecule has 0 unspecified atom stereocenters. The van der Waals surface area contributed by atoms with E-state index in [1.807, 2.05) is 36.4 Å². The fraction of sp³-hybridized carbons (Fsp3) is 0.240. The summed E-state index contributed by atoms with van der Waals surface area (Å²) in [6, 6.07) is 17.7. The number of rotatable bonds is 7. The normalized spacial score (nSPS) is 13.0. The third-order valence-corrected chi connectivity index (χ3v) is 5.36. The summed E-state index contributed by atoms with van der Waals surface area (Å²) < 4.78 is 5.32. The number of nitrogens with zero attached hydrogens (tertiary/aromatic N) is 1. The molecule has 0 bridgehead atoms. The SMILES string of the molecule is CCCCCCOC(=O)c1ccc2c(c1)C(=O)N(c1cccc3ccccc13)C2=O. The molecule has 3 aromatic rings. The standard InChI is InChI=1S/C25H23NO4/c1-2-3-4-7-15-30-25(29)18-13-14-20-21(16-18)24(28)26(23(20)27)22-12-8-10-17-9-5-6-11-19(17)22/h5-6,8-14,16H,2-4,7,15H2,1H3. The lowest BCUT2D eigenvalue weighted by atomic mass is 10.1. The fourth-order valence-electron chi connectivity index (χ4n) is 3.77. The van der Waals surface area contributed by atoms with Crippen LogP contribution in [0.3, 0.4) is 0 Å². The van der Waals surface area contributed by atoms with E-state index in [-0.39, 0.29) is 17.0 Å². The van der Waals surface area contributed by atoms with Gasteiger partial charge in [0.2, 0.25) is 0 Å². The molecular formula is C25H23NO4. The highest BCUT2D eigenvalue weighted by atomic mass is 16.5. The van der Waals surface area contributed by atoms with Gasteiger partial charge in [-0.15, -0.1) is 0 Å². The molecular weight excluding hydrogens is 378 g/mol. The monoisotopic (exact) mass is 401 g/mol. The molecule has 0 N–H and O–H groups in total. The van der Waals surface area contributed by atoms with Crippen molar-refractivity contribution in [3.63, 3.8) is 0 Å². The second-order valence-corrected chi connectivity index (χ2v) is 7.40. The summed E-state index contributed by atoms with van der Waals surface area (Å²) in [4.78, 5) is 39.7. The van der Waals surface area contributed by atoms with Gasteiger partial charge >= 0.3 is 5.97 Å². The maximum Gasteiger partial charge on any atom is 0.338 e. The Morgan fingerprint density at radius 3 is 2.47 bits per heavy atom. The predicted molar refractivity (Wildman–Crippen MR) is 116 cm³/mol. The first-order chi connectivity index (χ1) is 14.6. The van der Waals surface area contributed by atoms with Crippen molar-refractivity contribution in [2.75, 3.05) is 11.5 Å². The van der Waals surface area contributed by atoms with Crippen molar-refractivity contribution in [3.8, 4) is 0 Å². The van der Waals surface area contributed by atoms with Gasteiger partial charge in [0.15, 0.2) is 0 Å². The summed E-state index contributed by atoms with van der Waals surface area (Å²) in [5.41, 5.74) is 1.35. The largest absolute Gasteiger partial charge is 0.462 e. The molecule has 2 amide bonds. The van der Waals surface area contributed by atoms with Gasteiger partial charge in [-0.1, -0.05) is 62.6 Å². The van der Waals surface area contributed by atoms with Crippen molar-refractivity contribution in [1.29, 1.82) is 0 Å². The number of ether oxygens (including phenoxy) is 1. The average molecular weight is 401 g/mol. The van der Waals surface area contributed by atoms with Crippen LogP contribution >= 0.6 is 0 Å². The molecule has 5 nitrogen and oxygen atoms in total. The molecule has 0 saturated heterocycles. The van der Waals surface area contributed by atoms with Crippen LogP contribution in [-0.2, 0) is 4.74 Å². The van der Waals surface area contributed by atoms with E-state index < -0.39 is 11.9 Å². The summed E-state index contributed by atoms with van der Waals surface area (Å²) in [5, 5.41) is 1.76. The third kappa shape index (κ3) is 3.59. The Morgan fingerprint density at radius 2 is 1.63 bits per heavy atom. The van der Waals surface area contributed by atoms with E-state index >= 15 is 0 Å². The van der Waals surface area contributed by atoms with E-state index in [0.29, 0.717) is 17.9 Å². The lowest BCUT2D eigenvalue weighted by Gasteiger charge is -2.16. The Kier molecular flexibility index (Phi) is 5.61. The quantitative estimate of drug-likeness (QED) is 0.303. The zero-order valence-corrected chi connectivity index (χ0v) is 16.9. The minimum atomic E-state index is -0.474. The number of hydrogen-bond acceptors (Lipinski definition) is 4. The van der Waals surface area contributed by atoms with Crippen LogP contribution in [0.4, 0.5) is 5.69 Å². The zero-order valence-electron chi connectivity index (χ0n) is 16.9. The highest BCUT2D eigenvalue weighted by Crippen LogP contribution is 2.34. The van der Waals surface area contributed by atoms with Crippen molar-refractivity contribution in [2.24, 2.45) is 0 Å². The molecule has 0 spiro atoms. The van der Waals surface area contributed by atoms with Crippen LogP contribution in [0, 0.1) is 0 Å². The molecule has 0 atom stereocenters. The molecule has 5 heteroatoms. The molecule has 0 radical (unpaired) electrons. The van der Waals surface area contributed by atoms with Crippen LogP contribution < -0.4 is 4.90 Å². The number of carbonyl (C=O) groups excluding carboxylic acids is 3. The Labute approximate surface area is 175 Å². The highest BCUT2D eigenvalue weighted by molar-refractivity contribution is 6.36. The van der Waals surface area contributed by atoms with E-state index in [0.717, 1.165) is 36.5 Å². The van der Waals surface area contributed by atoms with E-state index in [9.17, 15) is 14.4 Å². The number of esters is 1. The number of carbonyl (C=O) groups is 3. The molecule has 3 aromatic carbocycles. The van der Waals surface area contributed by atoms with Crippen molar-refractivity contribution < 1.29 is 19.1 Å². The number of benzene rings is 3. The summed E-state index contributed by atoms with van der Waals surface area (Å²) >= 11 is 0. The second kappa shape index (κ2) is 8.49. The van der Waals surface area contributed by atoms with Crippen molar-refractivity contribution in [1.82, 2.24) is 0 Å². The zero-order chi connectivity index (χ0) is 21.1. The van der Waals surface area contributed by atoms with Gasteiger partial charge in [0.1, 0.15) is 0 Å². The number of imide groups is 1. The van der Waals surface area contributed by atoms with E-state index in [1.54, 1.807) is 12.1 Å². The van der Waals surface area contributed by atoms with Gasteiger partial charge in [-0.2, -0.15) is 0 Å². The summed E-state index contributed by atoms with van der Waals surface area (Å²) in [6.45, 7) is 2.47. The Hall–Kier alpha value is -3.47. The fourth-order valence-corrected chi connectivity index (χ4v) is 3.77. The highest BCUT2D eigenvalue weighted by Gasteiger charge is 2.37. The topological polar surface area (TPSA) is 63.7 Å². The summed E-state index contributed by atoms with van der Waals surface area (Å²) in [5.74, 6) is -1.28. The van der Waals surface area contributed by atoms with Gasteiger partial charge in [0.05, 0.1) is 29.0 Å². The summed E-state index contributed by atoms with van der Waals surface area (Å²) in [7, 11) is 0. The lowest BCUT2D eigenvalue weighted by molar-refractivity contribution is 0.0497. The lowest BCUT2D eigenvalue weighted by Crippen LogP contribution is -2.29. The van der Waals surface area contributed by atoms with Crippen LogP contribution in [0.1, 0.15) is 63.7 Å². The molecule has 4 rings (SSSR count). The van der Waals surface area contributed by atoms with E-state index in [4.69, 9.17) is 4.74 Å². The van der Waals surface area contributed by atoms with E-state index in [1.165, 1.54) is 17.0 Å². The van der Waals surface area contributed by atoms with Crippen LogP contribution in [0.2, 0.25) is 0 Å². The molecule has 1 aliphatic rings. The average Bonchev–Trinajstić information content (AvgIpc) is 3.02. The first-order valence-corrected chi connectivity index (χ1v) is 10.3. The molecule has 30 heavy (non-hydrogen) atoms. The molecule has 0 aromatic heterocycles. The first-order valence-electron chi connectivity index (χ1n) is 10.3. The predicted octanol–water partition coefficient (Wildman–Crippen LogP) is 5.38. The van der Waals surface area contributed by atoms with Crippen molar-refractivity contribution >= 4 is 34.2 Å². The number of fused-ring (bicyclic) bond motifs is 2. The van der Waals surface area contributed by atoms with Gasteiger partial charge in [0, 0.05) is 5.39 Å². The van der Waals surface area contributed by atoms with Crippen molar-refractivity contribution in [3.05, 3.63) is 77.4 Å². The van der Waals surface area contributed by atoms with Crippen LogP contribution in [-0.4, -0.2) is 24.4 Å². The first kappa shape index (κ1) is 19.8. The summed E-state index contributed by atoms with van der Waals surface area (Å²) in [6.07, 6.45) is 4.05. The number of unbranched alkanes of at least 4 members (excludes halogenated alkanes) is 3. The van der Waals surface area contributed by atoms with Gasteiger partial charge < -0.3 is 4.74 Å². The maximum absolute atomic E-state index is 13.1. The minimum absolute atomic E-state index is 0.230. The second-order valence-electron chi connectivity index (χ2n) is 7.40. The minimum Gasteiger partial charge on any atom is -0.462 e. The molecule has 0 fully saturated rings. The number of anilines is 1. The van der Waals surface area contributed by atoms with Gasteiger partial charge in [-0.3, -0.25) is 9.59 Å². The molecule has 0 aliphatic carbocycles. The third-order valence-electron chi connectivity index (χ3n) is 5.36. The number of hydrogen-bond donors (Lipinski definition) is 0. The number of amides is 2. The van der Waals surface area contributed by atoms with Crippen LogP contribution in [0.15, 0.2) is 60.7 Å². The van der Waals surface area contributed by atoms with Crippen molar-refractivity contribution in [2.45, 2.75) is 32.6 Å². The molecule has 0 saturated carbocycles. The van der Waals surface area contributed by atoms with Gasteiger partial charge in [-0.25, -0.2) is 9.69 Å². The van der Waals surface area contributed by atoms with Crippen LogP contribution in [0.25, 0.3) is 10.8 Å². The Morgan fingerprint density at radius 1 is 0.867 bits per heavy atom. The maximum atomic E-state index is 13.1. The Balaban J connectivity index is 1.59. The van der Waals surface area contributed by atoms with E-state index in [2.05, 4.69) is 6.92 Å². The molecule has 1 heterocycles. The smallest absolute Gasteiger partial charge is 0.338 e. The molecule has 1 aliphatic heterocycles.